The average Bonchev–Trinajstić information content (AvgIpc) is 2.81. The first-order valence-corrected chi connectivity index (χ1v) is 5.58. The molecule has 0 saturated carbocycles. The molecule has 0 N–H and O–H groups in total. The summed E-state index contributed by atoms with van der Waals surface area (Å²) in [7, 11) is 1.91. The van der Waals surface area contributed by atoms with Gasteiger partial charge < -0.3 is 4.57 Å². The van der Waals surface area contributed by atoms with Gasteiger partial charge in [-0.15, -0.1) is 0 Å². The van der Waals surface area contributed by atoms with Crippen molar-refractivity contribution >= 4 is 11.0 Å². The molecule has 0 bridgehead atoms. The number of aromatic nitrogens is 3. The second-order valence-electron chi connectivity index (χ2n) is 4.04. The van der Waals surface area contributed by atoms with E-state index in [2.05, 4.69) is 16.0 Å². The summed E-state index contributed by atoms with van der Waals surface area (Å²) in [6.45, 7) is 0. The van der Waals surface area contributed by atoms with E-state index in [4.69, 9.17) is 5.26 Å². The largest absolute Gasteiger partial charge is 0.335 e. The van der Waals surface area contributed by atoms with Crippen LogP contribution in [0.4, 0.5) is 0 Å². The van der Waals surface area contributed by atoms with E-state index in [-0.39, 0.29) is 0 Å². The fraction of sp³-hybridized carbons (Fsp3) is 0.0714. The molecule has 0 aliphatic rings. The standard InChI is InChI=1S/C14H10N4/c1-18-8-7-11-12(9-15)16-13(17-14(11)18)10-5-3-2-4-6-10/h2-8H,1H3. The summed E-state index contributed by atoms with van der Waals surface area (Å²) in [6, 6.07) is 13.7. The lowest BCUT2D eigenvalue weighted by Crippen LogP contribution is -1.96. The minimum absolute atomic E-state index is 0.416. The van der Waals surface area contributed by atoms with Gasteiger partial charge in [-0.3, -0.25) is 0 Å². The van der Waals surface area contributed by atoms with Crippen molar-refractivity contribution in [2.75, 3.05) is 0 Å². The summed E-state index contributed by atoms with van der Waals surface area (Å²) in [5.74, 6) is 0.585. The van der Waals surface area contributed by atoms with E-state index in [1.54, 1.807) is 0 Å². The van der Waals surface area contributed by atoms with Crippen LogP contribution < -0.4 is 0 Å². The third kappa shape index (κ3) is 1.54. The lowest BCUT2D eigenvalue weighted by Gasteiger charge is -2.02. The average molecular weight is 234 g/mol. The summed E-state index contributed by atoms with van der Waals surface area (Å²) in [4.78, 5) is 8.83. The maximum atomic E-state index is 9.17. The van der Waals surface area contributed by atoms with Gasteiger partial charge in [-0.1, -0.05) is 30.3 Å². The van der Waals surface area contributed by atoms with Crippen molar-refractivity contribution in [2.45, 2.75) is 0 Å². The molecule has 0 aliphatic heterocycles. The zero-order valence-electron chi connectivity index (χ0n) is 9.83. The number of hydrogen-bond acceptors (Lipinski definition) is 3. The van der Waals surface area contributed by atoms with Crippen molar-refractivity contribution < 1.29 is 0 Å². The molecule has 4 nitrogen and oxygen atoms in total. The van der Waals surface area contributed by atoms with Crippen molar-refractivity contribution in [1.82, 2.24) is 14.5 Å². The molecule has 2 aromatic heterocycles. The summed E-state index contributed by atoms with van der Waals surface area (Å²) < 4.78 is 1.89. The topological polar surface area (TPSA) is 54.5 Å². The molecular weight excluding hydrogens is 224 g/mol. The van der Waals surface area contributed by atoms with Gasteiger partial charge in [-0.2, -0.15) is 5.26 Å². The number of nitriles is 1. The summed E-state index contributed by atoms with van der Waals surface area (Å²) in [5.41, 5.74) is 2.11. The zero-order chi connectivity index (χ0) is 12.5. The van der Waals surface area contributed by atoms with Crippen LogP contribution in [0, 0.1) is 11.3 Å². The van der Waals surface area contributed by atoms with Crippen molar-refractivity contribution in [3.63, 3.8) is 0 Å². The monoisotopic (exact) mass is 234 g/mol. The van der Waals surface area contributed by atoms with Crippen LogP contribution >= 0.6 is 0 Å². The molecule has 0 amide bonds. The Hall–Kier alpha value is -2.67. The van der Waals surface area contributed by atoms with E-state index in [1.165, 1.54) is 0 Å². The highest BCUT2D eigenvalue weighted by molar-refractivity contribution is 5.83. The molecule has 0 spiro atoms. The van der Waals surface area contributed by atoms with Gasteiger partial charge in [0.2, 0.25) is 0 Å². The fourth-order valence-electron chi connectivity index (χ4n) is 1.94. The number of aryl methyl sites for hydroxylation is 1. The molecule has 4 heteroatoms. The molecule has 0 aliphatic carbocycles. The summed E-state index contributed by atoms with van der Waals surface area (Å²) in [5, 5.41) is 9.96. The third-order valence-corrected chi connectivity index (χ3v) is 2.86. The number of fused-ring (bicyclic) bond motifs is 1. The first-order chi connectivity index (χ1) is 8.79. The van der Waals surface area contributed by atoms with Crippen molar-refractivity contribution in [3.8, 4) is 17.5 Å². The van der Waals surface area contributed by atoms with Gasteiger partial charge >= 0.3 is 0 Å². The Morgan fingerprint density at radius 3 is 2.61 bits per heavy atom. The lowest BCUT2D eigenvalue weighted by molar-refractivity contribution is 0.944. The van der Waals surface area contributed by atoms with Crippen molar-refractivity contribution in [3.05, 3.63) is 48.3 Å². The molecule has 0 radical (unpaired) electrons. The molecule has 86 valence electrons. The van der Waals surface area contributed by atoms with Gasteiger partial charge in [0.1, 0.15) is 11.7 Å². The molecule has 18 heavy (non-hydrogen) atoms. The van der Waals surface area contributed by atoms with E-state index in [1.807, 2.05) is 54.2 Å². The highest BCUT2D eigenvalue weighted by Crippen LogP contribution is 2.21. The first kappa shape index (κ1) is 10.5. The summed E-state index contributed by atoms with van der Waals surface area (Å²) >= 11 is 0. The van der Waals surface area contributed by atoms with Gasteiger partial charge in [0.25, 0.3) is 0 Å². The van der Waals surface area contributed by atoms with Crippen LogP contribution in [0.5, 0.6) is 0 Å². The van der Waals surface area contributed by atoms with Crippen LogP contribution in [0.15, 0.2) is 42.6 Å². The van der Waals surface area contributed by atoms with Crippen molar-refractivity contribution in [1.29, 1.82) is 5.26 Å². The van der Waals surface area contributed by atoms with Crippen LogP contribution in [0.1, 0.15) is 5.69 Å². The first-order valence-electron chi connectivity index (χ1n) is 5.58. The normalized spacial score (nSPS) is 10.4. The molecule has 0 atom stereocenters. The Kier molecular flexibility index (Phi) is 2.31. The zero-order valence-corrected chi connectivity index (χ0v) is 9.83. The number of rotatable bonds is 1. The second kappa shape index (κ2) is 3.97. The van der Waals surface area contributed by atoms with Gasteiger partial charge in [-0.25, -0.2) is 9.97 Å². The van der Waals surface area contributed by atoms with E-state index in [0.717, 1.165) is 16.6 Å². The van der Waals surface area contributed by atoms with Gasteiger partial charge in [0, 0.05) is 18.8 Å². The molecule has 3 rings (SSSR count). The number of nitrogens with zero attached hydrogens (tertiary/aromatic N) is 4. The Morgan fingerprint density at radius 1 is 1.11 bits per heavy atom. The van der Waals surface area contributed by atoms with Crippen LogP contribution in [-0.2, 0) is 7.05 Å². The third-order valence-electron chi connectivity index (χ3n) is 2.86. The predicted molar refractivity (Wildman–Crippen MR) is 68.7 cm³/mol. The highest BCUT2D eigenvalue weighted by Gasteiger charge is 2.10. The quantitative estimate of drug-likeness (QED) is 0.650. The number of hydrogen-bond donors (Lipinski definition) is 0. The molecule has 0 fully saturated rings. The van der Waals surface area contributed by atoms with Crippen LogP contribution in [0.2, 0.25) is 0 Å². The maximum Gasteiger partial charge on any atom is 0.163 e. The minimum atomic E-state index is 0.416. The van der Waals surface area contributed by atoms with Crippen LogP contribution in [0.25, 0.3) is 22.4 Å². The molecule has 0 saturated heterocycles. The molecule has 3 aromatic rings. The Balaban J connectivity index is 2.32. The van der Waals surface area contributed by atoms with Crippen LogP contribution in [0.3, 0.4) is 0 Å². The lowest BCUT2D eigenvalue weighted by atomic mass is 10.2. The smallest absolute Gasteiger partial charge is 0.163 e. The maximum absolute atomic E-state index is 9.17. The fourth-order valence-corrected chi connectivity index (χ4v) is 1.94. The van der Waals surface area contributed by atoms with E-state index >= 15 is 0 Å². The van der Waals surface area contributed by atoms with Gasteiger partial charge in [0.05, 0.1) is 5.39 Å². The summed E-state index contributed by atoms with van der Waals surface area (Å²) in [6.07, 6.45) is 1.88. The Labute approximate surface area is 104 Å². The Bertz CT molecular complexity index is 751. The van der Waals surface area contributed by atoms with Crippen LogP contribution in [-0.4, -0.2) is 14.5 Å². The predicted octanol–water partition coefficient (Wildman–Crippen LogP) is 2.51. The molecular formula is C14H10N4. The number of benzene rings is 1. The van der Waals surface area contributed by atoms with Gasteiger partial charge in [0.15, 0.2) is 11.5 Å². The van der Waals surface area contributed by atoms with E-state index in [0.29, 0.717) is 11.5 Å². The molecule has 2 heterocycles. The molecule has 1 aromatic carbocycles. The van der Waals surface area contributed by atoms with E-state index < -0.39 is 0 Å². The SMILES string of the molecule is Cn1ccc2c(C#N)nc(-c3ccccc3)nc21. The molecule has 0 unspecified atom stereocenters. The Morgan fingerprint density at radius 2 is 1.89 bits per heavy atom. The van der Waals surface area contributed by atoms with Crippen molar-refractivity contribution in [2.24, 2.45) is 7.05 Å². The minimum Gasteiger partial charge on any atom is -0.335 e. The second-order valence-corrected chi connectivity index (χ2v) is 4.04. The van der Waals surface area contributed by atoms with E-state index in [9.17, 15) is 0 Å². The van der Waals surface area contributed by atoms with Gasteiger partial charge in [-0.05, 0) is 6.07 Å². The highest BCUT2D eigenvalue weighted by atomic mass is 15.0.